The Hall–Kier alpha value is -0.830. The third-order valence-corrected chi connectivity index (χ3v) is 4.23. The Balaban J connectivity index is 2.04. The quantitative estimate of drug-likeness (QED) is 0.814. The van der Waals surface area contributed by atoms with Crippen LogP contribution in [0.1, 0.15) is 22.0 Å². The van der Waals surface area contributed by atoms with Crippen molar-refractivity contribution in [2.45, 2.75) is 12.5 Å². The highest BCUT2D eigenvalue weighted by Crippen LogP contribution is 2.33. The molecule has 0 saturated carbocycles. The molecule has 1 aromatic carbocycles. The van der Waals surface area contributed by atoms with E-state index < -0.39 is 0 Å². The van der Waals surface area contributed by atoms with Crippen LogP contribution in [0, 0.1) is 0 Å². The molecule has 82 valence electrons. The molecule has 2 aromatic rings. The van der Waals surface area contributed by atoms with Crippen LogP contribution in [0.4, 0.5) is 0 Å². The zero-order valence-electron chi connectivity index (χ0n) is 8.74. The molecule has 1 aliphatic rings. The normalized spacial score (nSPS) is 19.4. The Morgan fingerprint density at radius 3 is 3.12 bits per heavy atom. The molecule has 0 fully saturated rings. The van der Waals surface area contributed by atoms with Crippen molar-refractivity contribution in [1.82, 2.24) is 5.32 Å². The third-order valence-electron chi connectivity index (χ3n) is 2.97. The standard InChI is InChI=1S/C13H12ClNS/c14-11-3-1-2-10(8-11)12-13-9(4-6-15-12)5-7-16-13/h1-3,5,7-8,12,15H,4,6H2. The van der Waals surface area contributed by atoms with Gasteiger partial charge in [-0.15, -0.1) is 11.3 Å². The molecule has 0 aliphatic carbocycles. The summed E-state index contributed by atoms with van der Waals surface area (Å²) in [6.45, 7) is 1.04. The monoisotopic (exact) mass is 249 g/mol. The molecule has 1 aliphatic heterocycles. The number of thiophene rings is 1. The lowest BCUT2D eigenvalue weighted by atomic mass is 9.98. The summed E-state index contributed by atoms with van der Waals surface area (Å²) < 4.78 is 0. The van der Waals surface area contributed by atoms with Crippen molar-refractivity contribution in [1.29, 1.82) is 0 Å². The summed E-state index contributed by atoms with van der Waals surface area (Å²) in [4.78, 5) is 1.44. The highest BCUT2D eigenvalue weighted by molar-refractivity contribution is 7.10. The van der Waals surface area contributed by atoms with E-state index in [0.717, 1.165) is 18.0 Å². The number of benzene rings is 1. The van der Waals surface area contributed by atoms with Crippen molar-refractivity contribution < 1.29 is 0 Å². The fourth-order valence-electron chi connectivity index (χ4n) is 2.21. The number of rotatable bonds is 1. The molecular weight excluding hydrogens is 238 g/mol. The molecule has 16 heavy (non-hydrogen) atoms. The average molecular weight is 250 g/mol. The summed E-state index contributed by atoms with van der Waals surface area (Å²) in [6.07, 6.45) is 1.13. The van der Waals surface area contributed by atoms with E-state index in [0.29, 0.717) is 6.04 Å². The van der Waals surface area contributed by atoms with Crippen LogP contribution in [0.5, 0.6) is 0 Å². The van der Waals surface area contributed by atoms with Gasteiger partial charge in [0.25, 0.3) is 0 Å². The molecule has 0 bridgehead atoms. The summed E-state index contributed by atoms with van der Waals surface area (Å²) in [5.41, 5.74) is 2.74. The van der Waals surface area contributed by atoms with Gasteiger partial charge in [-0.05, 0) is 41.1 Å². The van der Waals surface area contributed by atoms with E-state index in [-0.39, 0.29) is 0 Å². The van der Waals surface area contributed by atoms with E-state index in [9.17, 15) is 0 Å². The predicted molar refractivity (Wildman–Crippen MR) is 69.3 cm³/mol. The number of hydrogen-bond acceptors (Lipinski definition) is 2. The maximum atomic E-state index is 6.04. The number of hydrogen-bond donors (Lipinski definition) is 1. The predicted octanol–water partition coefficient (Wildman–Crippen LogP) is 3.64. The van der Waals surface area contributed by atoms with Crippen molar-refractivity contribution in [2.75, 3.05) is 6.54 Å². The van der Waals surface area contributed by atoms with E-state index >= 15 is 0 Å². The SMILES string of the molecule is Clc1cccc(C2NCCc3ccsc32)c1. The van der Waals surface area contributed by atoms with Gasteiger partial charge in [0.1, 0.15) is 0 Å². The second-order valence-electron chi connectivity index (χ2n) is 4.00. The molecule has 1 nitrogen and oxygen atoms in total. The van der Waals surface area contributed by atoms with Crippen LogP contribution in [0.3, 0.4) is 0 Å². The fourth-order valence-corrected chi connectivity index (χ4v) is 3.46. The third kappa shape index (κ3) is 1.77. The Morgan fingerprint density at radius 1 is 1.31 bits per heavy atom. The first-order valence-electron chi connectivity index (χ1n) is 5.40. The summed E-state index contributed by atoms with van der Waals surface area (Å²) in [7, 11) is 0. The summed E-state index contributed by atoms with van der Waals surface area (Å²) in [6, 6.07) is 10.7. The van der Waals surface area contributed by atoms with Gasteiger partial charge in [-0.3, -0.25) is 0 Å². The second kappa shape index (κ2) is 4.21. The van der Waals surface area contributed by atoms with Crippen LogP contribution in [-0.4, -0.2) is 6.54 Å². The number of fused-ring (bicyclic) bond motifs is 1. The number of nitrogens with one attached hydrogen (secondary N) is 1. The zero-order valence-corrected chi connectivity index (χ0v) is 10.3. The highest BCUT2D eigenvalue weighted by atomic mass is 35.5. The van der Waals surface area contributed by atoms with Crippen LogP contribution in [0.25, 0.3) is 0 Å². The van der Waals surface area contributed by atoms with Gasteiger partial charge in [0, 0.05) is 16.4 Å². The molecule has 0 radical (unpaired) electrons. The Kier molecular flexibility index (Phi) is 2.72. The van der Waals surface area contributed by atoms with Crippen LogP contribution >= 0.6 is 22.9 Å². The van der Waals surface area contributed by atoms with E-state index in [1.807, 2.05) is 29.5 Å². The lowest BCUT2D eigenvalue weighted by Crippen LogP contribution is -2.29. The minimum Gasteiger partial charge on any atom is -0.305 e. The molecule has 1 atom stereocenters. The summed E-state index contributed by atoms with van der Waals surface area (Å²) >= 11 is 7.87. The summed E-state index contributed by atoms with van der Waals surface area (Å²) in [5, 5.41) is 6.54. The molecule has 0 spiro atoms. The Labute approximate surface area is 104 Å². The lowest BCUT2D eigenvalue weighted by molar-refractivity contribution is 0.578. The average Bonchev–Trinajstić information content (AvgIpc) is 2.76. The van der Waals surface area contributed by atoms with Gasteiger partial charge in [0.15, 0.2) is 0 Å². The number of halogens is 1. The smallest absolute Gasteiger partial charge is 0.0674 e. The van der Waals surface area contributed by atoms with Gasteiger partial charge in [-0.2, -0.15) is 0 Å². The minimum absolute atomic E-state index is 0.322. The van der Waals surface area contributed by atoms with Crippen molar-refractivity contribution >= 4 is 22.9 Å². The molecule has 3 rings (SSSR count). The van der Waals surface area contributed by atoms with Gasteiger partial charge in [0.05, 0.1) is 6.04 Å². The molecule has 1 N–H and O–H groups in total. The Morgan fingerprint density at radius 2 is 2.25 bits per heavy atom. The molecule has 1 unspecified atom stereocenters. The van der Waals surface area contributed by atoms with E-state index in [2.05, 4.69) is 22.8 Å². The first-order valence-corrected chi connectivity index (χ1v) is 6.65. The van der Waals surface area contributed by atoms with Crippen LogP contribution in [-0.2, 0) is 6.42 Å². The summed E-state index contributed by atoms with van der Waals surface area (Å²) in [5.74, 6) is 0. The molecule has 0 amide bonds. The molecule has 0 saturated heterocycles. The molecule has 3 heteroatoms. The van der Waals surface area contributed by atoms with Gasteiger partial charge in [-0.25, -0.2) is 0 Å². The van der Waals surface area contributed by atoms with Gasteiger partial charge >= 0.3 is 0 Å². The van der Waals surface area contributed by atoms with Crippen molar-refractivity contribution in [3.05, 3.63) is 56.7 Å². The Bertz CT molecular complexity index is 506. The minimum atomic E-state index is 0.322. The van der Waals surface area contributed by atoms with Gasteiger partial charge < -0.3 is 5.32 Å². The van der Waals surface area contributed by atoms with Crippen LogP contribution in [0.2, 0.25) is 5.02 Å². The van der Waals surface area contributed by atoms with E-state index in [1.165, 1.54) is 16.0 Å². The highest BCUT2D eigenvalue weighted by Gasteiger charge is 2.22. The topological polar surface area (TPSA) is 12.0 Å². The zero-order chi connectivity index (χ0) is 11.0. The van der Waals surface area contributed by atoms with Crippen molar-refractivity contribution in [2.24, 2.45) is 0 Å². The van der Waals surface area contributed by atoms with Gasteiger partial charge in [0.2, 0.25) is 0 Å². The largest absolute Gasteiger partial charge is 0.305 e. The maximum absolute atomic E-state index is 6.04. The van der Waals surface area contributed by atoms with Crippen molar-refractivity contribution in [3.8, 4) is 0 Å². The fraction of sp³-hybridized carbons (Fsp3) is 0.231. The van der Waals surface area contributed by atoms with E-state index in [1.54, 1.807) is 0 Å². The van der Waals surface area contributed by atoms with Gasteiger partial charge in [-0.1, -0.05) is 23.7 Å². The van der Waals surface area contributed by atoms with E-state index in [4.69, 9.17) is 11.6 Å². The molecule has 2 heterocycles. The first-order chi connectivity index (χ1) is 7.84. The maximum Gasteiger partial charge on any atom is 0.0674 e. The molecule has 1 aromatic heterocycles. The molecular formula is C13H12ClNS. The lowest BCUT2D eigenvalue weighted by Gasteiger charge is -2.24. The second-order valence-corrected chi connectivity index (χ2v) is 5.39. The van der Waals surface area contributed by atoms with Crippen LogP contribution in [0.15, 0.2) is 35.7 Å². The first kappa shape index (κ1) is 10.3. The van der Waals surface area contributed by atoms with Crippen molar-refractivity contribution in [3.63, 3.8) is 0 Å². The van der Waals surface area contributed by atoms with Crippen LogP contribution < -0.4 is 5.32 Å².